The minimum Gasteiger partial charge on any atom is -0.481 e. The summed E-state index contributed by atoms with van der Waals surface area (Å²) in [6.07, 6.45) is 18.6. The van der Waals surface area contributed by atoms with E-state index in [-0.39, 0.29) is 23.9 Å². The third kappa shape index (κ3) is 14.2. The van der Waals surface area contributed by atoms with Gasteiger partial charge in [-0.3, -0.25) is 9.59 Å². The molecule has 4 nitrogen and oxygen atoms in total. The lowest BCUT2D eigenvalue weighted by atomic mass is 9.82. The number of rotatable bonds is 18. The molecule has 1 aliphatic carbocycles. The Morgan fingerprint density at radius 3 is 1.56 bits per heavy atom. The molecule has 1 saturated carbocycles. The minimum absolute atomic E-state index is 0.0366. The van der Waals surface area contributed by atoms with Crippen LogP contribution in [0.2, 0.25) is 0 Å². The minimum atomic E-state index is -0.723. The van der Waals surface area contributed by atoms with Crippen LogP contribution in [-0.2, 0) is 14.3 Å². The molecule has 188 valence electrons. The van der Waals surface area contributed by atoms with E-state index in [4.69, 9.17) is 9.84 Å². The molecule has 0 aromatic heterocycles. The molecule has 0 aromatic rings. The Balaban J connectivity index is 2.26. The number of carboxylic acids is 1. The maximum atomic E-state index is 12.7. The number of unbranched alkanes of at least 4 members (excludes halogenated alkanes) is 7. The molecule has 0 spiro atoms. The fourth-order valence-corrected chi connectivity index (χ4v) is 4.84. The zero-order valence-corrected chi connectivity index (χ0v) is 21.6. The van der Waals surface area contributed by atoms with Crippen LogP contribution in [0.1, 0.15) is 137 Å². The van der Waals surface area contributed by atoms with E-state index in [1.807, 2.05) is 0 Å². The number of carboxylic acid groups (broad SMARTS) is 1. The molecule has 1 atom stereocenters. The van der Waals surface area contributed by atoms with Crippen LogP contribution in [0, 0.1) is 23.7 Å². The van der Waals surface area contributed by atoms with Gasteiger partial charge in [-0.25, -0.2) is 0 Å². The molecular weight excluding hydrogens is 400 g/mol. The average molecular weight is 453 g/mol. The molecule has 4 heteroatoms. The highest BCUT2D eigenvalue weighted by Gasteiger charge is 2.31. The first-order chi connectivity index (χ1) is 15.3. The van der Waals surface area contributed by atoms with Crippen LogP contribution in [0.5, 0.6) is 0 Å². The first kappa shape index (κ1) is 29.0. The predicted octanol–water partition coefficient (Wildman–Crippen LogP) is 8.17. The number of carbonyl (C=O) groups is 2. The summed E-state index contributed by atoms with van der Waals surface area (Å²) in [5.41, 5.74) is 0. The monoisotopic (exact) mass is 452 g/mol. The van der Waals surface area contributed by atoms with Crippen molar-refractivity contribution in [3.05, 3.63) is 0 Å². The van der Waals surface area contributed by atoms with Gasteiger partial charge in [0, 0.05) is 0 Å². The van der Waals surface area contributed by atoms with Gasteiger partial charge in [0.1, 0.15) is 6.10 Å². The molecule has 0 saturated heterocycles. The third-order valence-corrected chi connectivity index (χ3v) is 7.06. The van der Waals surface area contributed by atoms with E-state index in [1.54, 1.807) is 0 Å². The predicted molar refractivity (Wildman–Crippen MR) is 133 cm³/mol. The quantitative estimate of drug-likeness (QED) is 0.168. The maximum Gasteiger partial charge on any atom is 0.309 e. The molecule has 0 aliphatic heterocycles. The van der Waals surface area contributed by atoms with Gasteiger partial charge >= 0.3 is 11.9 Å². The fourth-order valence-electron chi connectivity index (χ4n) is 4.84. The molecule has 1 rings (SSSR count). The summed E-state index contributed by atoms with van der Waals surface area (Å²) in [5.74, 6) is 0.323. The highest BCUT2D eigenvalue weighted by atomic mass is 16.5. The van der Waals surface area contributed by atoms with Gasteiger partial charge < -0.3 is 9.84 Å². The summed E-state index contributed by atoms with van der Waals surface area (Å²) in [5, 5.41) is 9.17. The van der Waals surface area contributed by atoms with Crippen LogP contribution in [0.15, 0.2) is 0 Å². The summed E-state index contributed by atoms with van der Waals surface area (Å²) >= 11 is 0. The highest BCUT2D eigenvalue weighted by molar-refractivity contribution is 5.74. The smallest absolute Gasteiger partial charge is 0.309 e. The van der Waals surface area contributed by atoms with Gasteiger partial charge in [-0.2, -0.15) is 0 Å². The Hall–Kier alpha value is -1.06. The van der Waals surface area contributed by atoms with Crippen LogP contribution < -0.4 is 0 Å². The summed E-state index contributed by atoms with van der Waals surface area (Å²) in [6, 6.07) is 0. The van der Waals surface area contributed by atoms with Crippen molar-refractivity contribution in [1.29, 1.82) is 0 Å². The lowest BCUT2D eigenvalue weighted by Gasteiger charge is -2.27. The van der Waals surface area contributed by atoms with Crippen molar-refractivity contribution < 1.29 is 19.4 Å². The summed E-state index contributed by atoms with van der Waals surface area (Å²) in [7, 11) is 0. The number of aliphatic carboxylic acids is 1. The molecule has 1 fully saturated rings. The molecule has 0 radical (unpaired) electrons. The summed E-state index contributed by atoms with van der Waals surface area (Å²) in [6.45, 7) is 9.09. The summed E-state index contributed by atoms with van der Waals surface area (Å²) < 4.78 is 5.97. The molecule has 1 unspecified atom stereocenters. The lowest BCUT2D eigenvalue weighted by molar-refractivity contribution is -0.158. The zero-order valence-electron chi connectivity index (χ0n) is 21.6. The molecule has 32 heavy (non-hydrogen) atoms. The molecule has 0 heterocycles. The van der Waals surface area contributed by atoms with Crippen LogP contribution >= 0.6 is 0 Å². The van der Waals surface area contributed by atoms with Gasteiger partial charge in [-0.15, -0.1) is 0 Å². The van der Waals surface area contributed by atoms with Crippen molar-refractivity contribution in [2.75, 3.05) is 0 Å². The van der Waals surface area contributed by atoms with Crippen LogP contribution in [0.3, 0.4) is 0 Å². The first-order valence-electron chi connectivity index (χ1n) is 13.7. The topological polar surface area (TPSA) is 63.6 Å². The Bertz CT molecular complexity index is 492. The number of ether oxygens (including phenoxy) is 1. The Labute approximate surface area is 198 Å². The second-order valence-electron chi connectivity index (χ2n) is 11.1. The van der Waals surface area contributed by atoms with Gasteiger partial charge in [0.2, 0.25) is 0 Å². The maximum absolute atomic E-state index is 12.7. The molecule has 0 amide bonds. The van der Waals surface area contributed by atoms with Crippen molar-refractivity contribution in [2.45, 2.75) is 143 Å². The van der Waals surface area contributed by atoms with Crippen LogP contribution in [0.25, 0.3) is 0 Å². The van der Waals surface area contributed by atoms with Gasteiger partial charge in [0.15, 0.2) is 0 Å². The van der Waals surface area contributed by atoms with E-state index in [1.165, 1.54) is 57.8 Å². The van der Waals surface area contributed by atoms with E-state index < -0.39 is 5.97 Å². The molecule has 0 bridgehead atoms. The number of carbonyl (C=O) groups excluding carboxylic acids is 1. The highest BCUT2D eigenvalue weighted by Crippen LogP contribution is 2.30. The van der Waals surface area contributed by atoms with E-state index >= 15 is 0 Å². The zero-order chi connectivity index (χ0) is 23.8. The van der Waals surface area contributed by atoms with Crippen molar-refractivity contribution >= 4 is 11.9 Å². The van der Waals surface area contributed by atoms with Crippen molar-refractivity contribution in [1.82, 2.24) is 0 Å². The molecule has 0 aromatic carbocycles. The number of hydrogen-bond donors (Lipinski definition) is 1. The van der Waals surface area contributed by atoms with E-state index in [2.05, 4.69) is 27.7 Å². The van der Waals surface area contributed by atoms with E-state index in [0.29, 0.717) is 31.6 Å². The largest absolute Gasteiger partial charge is 0.481 e. The van der Waals surface area contributed by atoms with Gasteiger partial charge in [0.05, 0.1) is 11.8 Å². The first-order valence-corrected chi connectivity index (χ1v) is 13.7. The average Bonchev–Trinajstić information content (AvgIpc) is 2.74. The number of hydrogen-bond acceptors (Lipinski definition) is 3. The van der Waals surface area contributed by atoms with Gasteiger partial charge in [-0.05, 0) is 63.2 Å². The van der Waals surface area contributed by atoms with Crippen molar-refractivity contribution in [3.8, 4) is 0 Å². The number of esters is 1. The van der Waals surface area contributed by atoms with E-state index in [9.17, 15) is 9.59 Å². The second-order valence-corrected chi connectivity index (χ2v) is 11.1. The summed E-state index contributed by atoms with van der Waals surface area (Å²) in [4.78, 5) is 23.9. The van der Waals surface area contributed by atoms with Crippen molar-refractivity contribution in [2.24, 2.45) is 23.7 Å². The molecule has 1 N–H and O–H groups in total. The third-order valence-electron chi connectivity index (χ3n) is 7.06. The standard InChI is InChI=1S/C28H52O4/c1-22(2)14-11-9-7-5-6-8-10-12-16-26(17-13-15-23(3)4)32-28(31)25-20-18-24(19-21-25)27(29)30/h22-26H,5-21H2,1-4H3,(H,29,30). The van der Waals surface area contributed by atoms with Crippen molar-refractivity contribution in [3.63, 3.8) is 0 Å². The normalized spacial score (nSPS) is 19.9. The van der Waals surface area contributed by atoms with E-state index in [0.717, 1.165) is 31.6 Å². The Morgan fingerprint density at radius 1 is 0.656 bits per heavy atom. The second kappa shape index (κ2) is 17.4. The van der Waals surface area contributed by atoms with Crippen LogP contribution in [0.4, 0.5) is 0 Å². The Morgan fingerprint density at radius 2 is 1.06 bits per heavy atom. The Kier molecular flexibility index (Phi) is 15.8. The SMILES string of the molecule is CC(C)CCCCCCCCCCC(CCCC(C)C)OC(=O)C1CCC(C(=O)O)CC1. The molecular formula is C28H52O4. The van der Waals surface area contributed by atoms with Gasteiger partial charge in [0.25, 0.3) is 0 Å². The molecule has 1 aliphatic rings. The van der Waals surface area contributed by atoms with Crippen LogP contribution in [-0.4, -0.2) is 23.1 Å². The fraction of sp³-hybridized carbons (Fsp3) is 0.929. The lowest BCUT2D eigenvalue weighted by Crippen LogP contribution is -2.29. The van der Waals surface area contributed by atoms with Gasteiger partial charge in [-0.1, -0.05) is 85.5 Å².